The van der Waals surface area contributed by atoms with Crippen LogP contribution < -0.4 is 4.72 Å². The van der Waals surface area contributed by atoms with Crippen molar-refractivity contribution < 1.29 is 13.5 Å². The van der Waals surface area contributed by atoms with E-state index in [1.54, 1.807) is 12.3 Å². The molecule has 7 heteroatoms. The van der Waals surface area contributed by atoms with Crippen LogP contribution in [0, 0.1) is 6.92 Å². The minimum atomic E-state index is -3.38. The van der Waals surface area contributed by atoms with E-state index < -0.39 is 10.0 Å². The third-order valence-corrected chi connectivity index (χ3v) is 4.30. The number of hydrogen-bond donors (Lipinski definition) is 2. The Labute approximate surface area is 109 Å². The largest absolute Gasteiger partial charge is 0.396 e. The third-order valence-electron chi connectivity index (χ3n) is 2.13. The van der Waals surface area contributed by atoms with Crippen molar-refractivity contribution in [1.29, 1.82) is 0 Å². The highest BCUT2D eigenvalue weighted by Gasteiger charge is 2.11. The molecule has 0 atom stereocenters. The maximum atomic E-state index is 11.6. The molecule has 1 aromatic heterocycles. The molecule has 2 N–H and O–H groups in total. The van der Waals surface area contributed by atoms with Gasteiger partial charge in [-0.1, -0.05) is 0 Å². The monoisotopic (exact) mass is 322 g/mol. The topological polar surface area (TPSA) is 79.3 Å². The fourth-order valence-corrected chi connectivity index (χ4v) is 2.54. The Bertz CT molecular complexity index is 476. The first-order valence-corrected chi connectivity index (χ1v) is 7.62. The summed E-state index contributed by atoms with van der Waals surface area (Å²) >= 11 is 3.29. The van der Waals surface area contributed by atoms with Crippen molar-refractivity contribution in [2.45, 2.75) is 19.8 Å². The second-order valence-electron chi connectivity index (χ2n) is 3.67. The number of aliphatic hydroxyl groups excluding tert-OH is 1. The minimum absolute atomic E-state index is 0.00512. The second kappa shape index (κ2) is 6.32. The summed E-state index contributed by atoms with van der Waals surface area (Å²) in [5.74, 6) is 0.305. The number of nitrogens with one attached hydrogen (secondary N) is 1. The highest BCUT2D eigenvalue weighted by atomic mass is 79.9. The van der Waals surface area contributed by atoms with E-state index in [0.717, 1.165) is 10.0 Å². The zero-order valence-corrected chi connectivity index (χ0v) is 11.9. The van der Waals surface area contributed by atoms with Gasteiger partial charge in [0.25, 0.3) is 0 Å². The predicted molar refractivity (Wildman–Crippen MR) is 70.4 cm³/mol. The van der Waals surface area contributed by atoms with E-state index in [9.17, 15) is 8.42 Å². The maximum absolute atomic E-state index is 11.6. The zero-order chi connectivity index (χ0) is 12.9. The van der Waals surface area contributed by atoms with Gasteiger partial charge in [-0.25, -0.2) is 13.4 Å². The minimum Gasteiger partial charge on any atom is -0.396 e. The van der Waals surface area contributed by atoms with Gasteiger partial charge in [-0.15, -0.1) is 0 Å². The van der Waals surface area contributed by atoms with Gasteiger partial charge in [0.2, 0.25) is 10.0 Å². The van der Waals surface area contributed by atoms with Gasteiger partial charge in [-0.3, -0.25) is 4.72 Å². The first-order valence-electron chi connectivity index (χ1n) is 5.18. The number of unbranched alkanes of at least 4 members (excludes halogenated alkanes) is 1. The summed E-state index contributed by atoms with van der Waals surface area (Å²) in [5, 5.41) is 8.59. The highest BCUT2D eigenvalue weighted by Crippen LogP contribution is 2.18. The Balaban J connectivity index is 2.66. The summed E-state index contributed by atoms with van der Waals surface area (Å²) in [6, 6.07) is 1.66. The molecular weight excluding hydrogens is 308 g/mol. The molecule has 5 nitrogen and oxygen atoms in total. The summed E-state index contributed by atoms with van der Waals surface area (Å²) in [6.45, 7) is 1.86. The summed E-state index contributed by atoms with van der Waals surface area (Å²) in [5.41, 5.74) is 0.910. The van der Waals surface area contributed by atoms with Crippen molar-refractivity contribution in [2.75, 3.05) is 17.1 Å². The number of halogens is 1. The molecule has 0 aliphatic carbocycles. The van der Waals surface area contributed by atoms with Crippen LogP contribution in [0.4, 0.5) is 5.82 Å². The van der Waals surface area contributed by atoms with Gasteiger partial charge >= 0.3 is 0 Å². The van der Waals surface area contributed by atoms with Gasteiger partial charge in [0.15, 0.2) is 0 Å². The van der Waals surface area contributed by atoms with Crippen LogP contribution in [0.15, 0.2) is 16.7 Å². The number of hydrogen-bond acceptors (Lipinski definition) is 4. The van der Waals surface area contributed by atoms with Gasteiger partial charge in [-0.2, -0.15) is 0 Å². The Kier molecular flexibility index (Phi) is 5.35. The number of pyridine rings is 1. The quantitative estimate of drug-likeness (QED) is 0.781. The van der Waals surface area contributed by atoms with Crippen LogP contribution in [-0.2, 0) is 10.0 Å². The van der Waals surface area contributed by atoms with E-state index in [1.807, 2.05) is 6.92 Å². The summed E-state index contributed by atoms with van der Waals surface area (Å²) in [7, 11) is -3.38. The Morgan fingerprint density at radius 2 is 2.18 bits per heavy atom. The van der Waals surface area contributed by atoms with Crippen molar-refractivity contribution >= 4 is 31.8 Å². The maximum Gasteiger partial charge on any atom is 0.233 e. The fourth-order valence-electron chi connectivity index (χ4n) is 1.21. The van der Waals surface area contributed by atoms with E-state index in [4.69, 9.17) is 5.11 Å². The van der Waals surface area contributed by atoms with Gasteiger partial charge in [0.05, 0.1) is 5.75 Å². The summed E-state index contributed by atoms with van der Waals surface area (Å²) in [4.78, 5) is 3.97. The zero-order valence-electron chi connectivity index (χ0n) is 9.48. The van der Waals surface area contributed by atoms with Crippen molar-refractivity contribution in [3.63, 3.8) is 0 Å². The lowest BCUT2D eigenvalue weighted by atomic mass is 10.3. The second-order valence-corrected chi connectivity index (χ2v) is 6.37. The summed E-state index contributed by atoms with van der Waals surface area (Å²) < 4.78 is 26.5. The Hall–Kier alpha value is -0.660. The molecule has 0 radical (unpaired) electrons. The molecule has 0 aromatic carbocycles. The molecule has 0 aliphatic rings. The first kappa shape index (κ1) is 14.4. The van der Waals surface area contributed by atoms with Crippen molar-refractivity contribution in [1.82, 2.24) is 4.98 Å². The fraction of sp³-hybridized carbons (Fsp3) is 0.500. The van der Waals surface area contributed by atoms with Crippen LogP contribution in [-0.4, -0.2) is 30.9 Å². The molecule has 1 aromatic rings. The number of sulfonamides is 1. The molecule has 0 unspecified atom stereocenters. The standard InChI is InChI=1S/C10H15BrN2O3S/c1-8-6-10(12-7-9(8)11)13-17(15,16)5-3-2-4-14/h6-7,14H,2-5H2,1H3,(H,12,13). The van der Waals surface area contributed by atoms with Crippen molar-refractivity contribution in [3.05, 3.63) is 22.3 Å². The van der Waals surface area contributed by atoms with Crippen LogP contribution in [0.1, 0.15) is 18.4 Å². The molecule has 0 fully saturated rings. The third kappa shape index (κ3) is 5.01. The smallest absolute Gasteiger partial charge is 0.233 e. The molecule has 17 heavy (non-hydrogen) atoms. The van der Waals surface area contributed by atoms with Crippen molar-refractivity contribution in [3.8, 4) is 0 Å². The number of aromatic nitrogens is 1. The van der Waals surface area contributed by atoms with E-state index >= 15 is 0 Å². The van der Waals surface area contributed by atoms with Crippen LogP contribution in [0.25, 0.3) is 0 Å². The number of nitrogens with zero attached hydrogens (tertiary/aromatic N) is 1. The predicted octanol–water partition coefficient (Wildman–Crippen LogP) is 1.67. The normalized spacial score (nSPS) is 11.5. The number of aryl methyl sites for hydroxylation is 1. The molecule has 1 rings (SSSR count). The van der Waals surface area contributed by atoms with Crippen LogP contribution >= 0.6 is 15.9 Å². The SMILES string of the molecule is Cc1cc(NS(=O)(=O)CCCCO)ncc1Br. The molecule has 0 aliphatic heterocycles. The summed E-state index contributed by atoms with van der Waals surface area (Å²) in [6.07, 6.45) is 2.47. The molecule has 0 saturated carbocycles. The van der Waals surface area contributed by atoms with Crippen molar-refractivity contribution in [2.24, 2.45) is 0 Å². The van der Waals surface area contributed by atoms with Crippen LogP contribution in [0.2, 0.25) is 0 Å². The lowest BCUT2D eigenvalue weighted by molar-refractivity contribution is 0.287. The molecule has 0 spiro atoms. The van der Waals surface area contributed by atoms with Gasteiger partial charge < -0.3 is 5.11 Å². The average molecular weight is 323 g/mol. The molecule has 96 valence electrons. The van der Waals surface area contributed by atoms with E-state index in [-0.39, 0.29) is 12.4 Å². The van der Waals surface area contributed by atoms with E-state index in [2.05, 4.69) is 25.6 Å². The Morgan fingerprint density at radius 3 is 2.76 bits per heavy atom. The molecule has 0 saturated heterocycles. The lowest BCUT2D eigenvalue weighted by Gasteiger charge is -2.07. The van der Waals surface area contributed by atoms with E-state index in [1.165, 1.54) is 0 Å². The van der Waals surface area contributed by atoms with Gasteiger partial charge in [-0.05, 0) is 47.3 Å². The number of aliphatic hydroxyl groups is 1. The van der Waals surface area contributed by atoms with Crippen LogP contribution in [0.5, 0.6) is 0 Å². The molecular formula is C10H15BrN2O3S. The Morgan fingerprint density at radius 1 is 1.47 bits per heavy atom. The molecule has 0 bridgehead atoms. The lowest BCUT2D eigenvalue weighted by Crippen LogP contribution is -2.17. The first-order chi connectivity index (χ1) is 7.94. The van der Waals surface area contributed by atoms with Gasteiger partial charge in [0.1, 0.15) is 5.82 Å². The van der Waals surface area contributed by atoms with Gasteiger partial charge in [0, 0.05) is 17.3 Å². The average Bonchev–Trinajstić information content (AvgIpc) is 2.23. The number of anilines is 1. The van der Waals surface area contributed by atoms with E-state index in [0.29, 0.717) is 18.7 Å². The highest BCUT2D eigenvalue weighted by molar-refractivity contribution is 9.10. The number of rotatable bonds is 6. The molecule has 0 amide bonds. The molecule has 1 heterocycles. The van der Waals surface area contributed by atoms with Crippen LogP contribution in [0.3, 0.4) is 0 Å².